The maximum Gasteiger partial charge on any atom is 0.248 e. The Morgan fingerprint density at radius 2 is 2.09 bits per heavy atom. The highest BCUT2D eigenvalue weighted by molar-refractivity contribution is 5.98. The van der Waals surface area contributed by atoms with Gasteiger partial charge >= 0.3 is 0 Å². The van der Waals surface area contributed by atoms with Crippen LogP contribution in [0.3, 0.4) is 0 Å². The van der Waals surface area contributed by atoms with Gasteiger partial charge in [0.2, 0.25) is 5.91 Å². The minimum absolute atomic E-state index is 0.0681. The number of fused-ring (bicyclic) bond motifs is 1. The fourth-order valence-electron chi connectivity index (χ4n) is 3.41. The van der Waals surface area contributed by atoms with Gasteiger partial charge in [-0.3, -0.25) is 4.79 Å². The van der Waals surface area contributed by atoms with Gasteiger partial charge in [-0.15, -0.1) is 0 Å². The molecule has 124 valence electrons. The van der Waals surface area contributed by atoms with Crippen molar-refractivity contribution in [3.05, 3.63) is 29.8 Å². The maximum atomic E-state index is 12.5. The Bertz CT molecular complexity index is 578. The van der Waals surface area contributed by atoms with Crippen LogP contribution in [0.25, 0.3) is 0 Å². The van der Waals surface area contributed by atoms with Crippen molar-refractivity contribution >= 4 is 17.6 Å². The average Bonchev–Trinajstić information content (AvgIpc) is 3.22. The number of aliphatic imine (C=N–C) groups is 1. The van der Waals surface area contributed by atoms with E-state index in [2.05, 4.69) is 21.7 Å². The van der Waals surface area contributed by atoms with Gasteiger partial charge in [0.1, 0.15) is 6.54 Å². The van der Waals surface area contributed by atoms with Crippen LogP contribution in [0, 0.1) is 0 Å². The van der Waals surface area contributed by atoms with E-state index in [4.69, 9.17) is 0 Å². The first kappa shape index (κ1) is 15.8. The molecule has 2 N–H and O–H groups in total. The van der Waals surface area contributed by atoms with E-state index >= 15 is 0 Å². The standard InChI is InChI=1S/C18H26N4O/c1-2-19-18(21-15-8-4-5-9-15)20-13-17(23)22-12-11-14-7-3-6-10-16(14)22/h3,6-7,10,15H,2,4-5,8-9,11-13H2,1H3,(H2,19,20,21). The van der Waals surface area contributed by atoms with Gasteiger partial charge in [-0.1, -0.05) is 31.0 Å². The molecule has 1 saturated carbocycles. The van der Waals surface area contributed by atoms with Crippen molar-refractivity contribution in [1.29, 1.82) is 0 Å². The lowest BCUT2D eigenvalue weighted by atomic mass is 10.2. The zero-order chi connectivity index (χ0) is 16.1. The molecule has 1 fully saturated rings. The summed E-state index contributed by atoms with van der Waals surface area (Å²) >= 11 is 0. The lowest BCUT2D eigenvalue weighted by molar-refractivity contribution is -0.117. The Labute approximate surface area is 138 Å². The molecule has 0 radical (unpaired) electrons. The number of rotatable bonds is 4. The Morgan fingerprint density at radius 1 is 1.30 bits per heavy atom. The number of para-hydroxylation sites is 1. The van der Waals surface area contributed by atoms with Crippen LogP contribution in [-0.4, -0.2) is 37.5 Å². The van der Waals surface area contributed by atoms with E-state index in [-0.39, 0.29) is 12.5 Å². The molecule has 1 aliphatic carbocycles. The van der Waals surface area contributed by atoms with Crippen LogP contribution in [-0.2, 0) is 11.2 Å². The molecule has 0 bridgehead atoms. The summed E-state index contributed by atoms with van der Waals surface area (Å²) in [6, 6.07) is 8.62. The highest BCUT2D eigenvalue weighted by atomic mass is 16.2. The number of carbonyl (C=O) groups is 1. The second-order valence-corrected chi connectivity index (χ2v) is 6.24. The third-order valence-electron chi connectivity index (χ3n) is 4.60. The summed E-state index contributed by atoms with van der Waals surface area (Å²) < 4.78 is 0. The van der Waals surface area contributed by atoms with E-state index in [1.54, 1.807) is 0 Å². The Hall–Kier alpha value is -2.04. The molecule has 1 aliphatic heterocycles. The van der Waals surface area contributed by atoms with Crippen molar-refractivity contribution in [3.63, 3.8) is 0 Å². The number of amides is 1. The van der Waals surface area contributed by atoms with Gasteiger partial charge < -0.3 is 15.5 Å². The zero-order valence-corrected chi connectivity index (χ0v) is 13.8. The van der Waals surface area contributed by atoms with E-state index in [1.807, 2.05) is 30.0 Å². The monoisotopic (exact) mass is 314 g/mol. The van der Waals surface area contributed by atoms with Gasteiger partial charge in [0.05, 0.1) is 0 Å². The van der Waals surface area contributed by atoms with Gasteiger partial charge in [-0.05, 0) is 37.8 Å². The third kappa shape index (κ3) is 3.84. The first-order chi connectivity index (χ1) is 11.3. The van der Waals surface area contributed by atoms with Crippen LogP contribution in [0.5, 0.6) is 0 Å². The van der Waals surface area contributed by atoms with Crippen LogP contribution in [0.4, 0.5) is 5.69 Å². The molecule has 5 nitrogen and oxygen atoms in total. The number of carbonyl (C=O) groups excluding carboxylic acids is 1. The molecule has 3 rings (SSSR count). The normalized spacial score (nSPS) is 18.1. The molecule has 5 heteroatoms. The molecule has 2 aliphatic rings. The number of hydrogen-bond acceptors (Lipinski definition) is 2. The summed E-state index contributed by atoms with van der Waals surface area (Å²) in [5, 5.41) is 6.69. The first-order valence-electron chi connectivity index (χ1n) is 8.71. The Morgan fingerprint density at radius 3 is 2.87 bits per heavy atom. The predicted molar refractivity (Wildman–Crippen MR) is 93.9 cm³/mol. The maximum absolute atomic E-state index is 12.5. The second kappa shape index (κ2) is 7.49. The van der Waals surface area contributed by atoms with E-state index in [0.29, 0.717) is 6.04 Å². The fraction of sp³-hybridized carbons (Fsp3) is 0.556. The topological polar surface area (TPSA) is 56.7 Å². The SMILES string of the molecule is CCNC(=NCC(=O)N1CCc2ccccc21)NC1CCCC1. The van der Waals surface area contributed by atoms with Crippen molar-refractivity contribution < 1.29 is 4.79 Å². The largest absolute Gasteiger partial charge is 0.357 e. The van der Waals surface area contributed by atoms with Gasteiger partial charge in [-0.25, -0.2) is 4.99 Å². The number of hydrogen-bond donors (Lipinski definition) is 2. The van der Waals surface area contributed by atoms with Gasteiger partial charge in [-0.2, -0.15) is 0 Å². The summed E-state index contributed by atoms with van der Waals surface area (Å²) in [6.45, 7) is 3.81. The van der Waals surface area contributed by atoms with Crippen LogP contribution < -0.4 is 15.5 Å². The number of nitrogens with one attached hydrogen (secondary N) is 2. The molecule has 0 atom stereocenters. The molecule has 1 heterocycles. The molecule has 0 spiro atoms. The molecular formula is C18H26N4O. The van der Waals surface area contributed by atoms with E-state index < -0.39 is 0 Å². The molecule has 0 aromatic heterocycles. The number of nitrogens with zero attached hydrogens (tertiary/aromatic N) is 2. The molecule has 1 aromatic rings. The van der Waals surface area contributed by atoms with Crippen LogP contribution in [0.15, 0.2) is 29.3 Å². The van der Waals surface area contributed by atoms with E-state index in [9.17, 15) is 4.79 Å². The number of guanidine groups is 1. The lowest BCUT2D eigenvalue weighted by Crippen LogP contribution is -2.43. The minimum Gasteiger partial charge on any atom is -0.357 e. The first-order valence-corrected chi connectivity index (χ1v) is 8.71. The van der Waals surface area contributed by atoms with Gasteiger partial charge in [0, 0.05) is 24.8 Å². The fourth-order valence-corrected chi connectivity index (χ4v) is 3.41. The van der Waals surface area contributed by atoms with E-state index in [1.165, 1.54) is 31.2 Å². The van der Waals surface area contributed by atoms with Crippen molar-refractivity contribution in [2.75, 3.05) is 24.5 Å². The van der Waals surface area contributed by atoms with Crippen LogP contribution >= 0.6 is 0 Å². The minimum atomic E-state index is 0.0681. The smallest absolute Gasteiger partial charge is 0.248 e. The highest BCUT2D eigenvalue weighted by Gasteiger charge is 2.24. The third-order valence-corrected chi connectivity index (χ3v) is 4.60. The average molecular weight is 314 g/mol. The van der Waals surface area contributed by atoms with Crippen LogP contribution in [0.1, 0.15) is 38.2 Å². The zero-order valence-electron chi connectivity index (χ0n) is 13.8. The van der Waals surface area contributed by atoms with Crippen molar-refractivity contribution in [1.82, 2.24) is 10.6 Å². The molecule has 0 unspecified atom stereocenters. The summed E-state index contributed by atoms with van der Waals surface area (Å²) in [6.07, 6.45) is 5.88. The molecule has 0 saturated heterocycles. The summed E-state index contributed by atoms with van der Waals surface area (Å²) in [5.74, 6) is 0.832. The summed E-state index contributed by atoms with van der Waals surface area (Å²) in [4.78, 5) is 18.9. The molecule has 23 heavy (non-hydrogen) atoms. The molecule has 1 aromatic carbocycles. The summed E-state index contributed by atoms with van der Waals surface area (Å²) in [7, 11) is 0. The van der Waals surface area contributed by atoms with Gasteiger partial charge in [0.25, 0.3) is 0 Å². The van der Waals surface area contributed by atoms with Crippen molar-refractivity contribution in [2.45, 2.75) is 45.1 Å². The van der Waals surface area contributed by atoms with Gasteiger partial charge in [0.15, 0.2) is 5.96 Å². The van der Waals surface area contributed by atoms with E-state index in [0.717, 1.165) is 31.2 Å². The summed E-state index contributed by atoms with van der Waals surface area (Å²) in [5.41, 5.74) is 2.29. The van der Waals surface area contributed by atoms with Crippen molar-refractivity contribution in [2.24, 2.45) is 4.99 Å². The number of benzene rings is 1. The van der Waals surface area contributed by atoms with Crippen LogP contribution in [0.2, 0.25) is 0 Å². The second-order valence-electron chi connectivity index (χ2n) is 6.24. The van der Waals surface area contributed by atoms with Crippen molar-refractivity contribution in [3.8, 4) is 0 Å². The Kier molecular flexibility index (Phi) is 5.16. The quantitative estimate of drug-likeness (QED) is 0.661. The Balaban J connectivity index is 1.61. The molecular weight excluding hydrogens is 288 g/mol. The lowest BCUT2D eigenvalue weighted by Gasteiger charge is -2.18. The number of anilines is 1. The molecule has 1 amide bonds. The predicted octanol–water partition coefficient (Wildman–Crippen LogP) is 2.07. The highest BCUT2D eigenvalue weighted by Crippen LogP contribution is 2.27.